The van der Waals surface area contributed by atoms with Crippen LogP contribution in [0.1, 0.15) is 0 Å². The van der Waals surface area contributed by atoms with Crippen molar-refractivity contribution < 1.29 is 4.39 Å². The molecule has 0 bridgehead atoms. The number of rotatable bonds is 3. The molecule has 1 nitrogen and oxygen atoms in total. The van der Waals surface area contributed by atoms with Crippen molar-refractivity contribution in [1.82, 2.24) is 0 Å². The van der Waals surface area contributed by atoms with Crippen LogP contribution in [0.2, 0.25) is 0 Å². The highest BCUT2D eigenvalue weighted by Crippen LogP contribution is 2.49. The van der Waals surface area contributed by atoms with Crippen molar-refractivity contribution in [2.24, 2.45) is 0 Å². The summed E-state index contributed by atoms with van der Waals surface area (Å²) in [4.78, 5) is 2.27. The first-order valence-corrected chi connectivity index (χ1v) is 15.3. The zero-order chi connectivity index (χ0) is 28.5. The van der Waals surface area contributed by atoms with Gasteiger partial charge >= 0.3 is 0 Å². The van der Waals surface area contributed by atoms with E-state index in [1.54, 1.807) is 12.1 Å². The van der Waals surface area contributed by atoms with Crippen LogP contribution in [0, 0.1) is 5.82 Å². The Morgan fingerprint density at radius 2 is 1.02 bits per heavy atom. The fraction of sp³-hybridized carbons (Fsp3) is 0. The molecule has 0 unspecified atom stereocenters. The normalized spacial score (nSPS) is 11.8. The van der Waals surface area contributed by atoms with Crippen molar-refractivity contribution in [2.45, 2.75) is 0 Å². The van der Waals surface area contributed by atoms with Crippen molar-refractivity contribution in [3.05, 3.63) is 151 Å². The lowest BCUT2D eigenvalue weighted by atomic mass is 9.97. The standard InChI is InChI=1S/C40H24FNS/c41-27-18-20-28(21-19-27)42(29-22-23-31-26(24-29)17-16-25-8-1-2-9-30(25)31)37-15-7-14-36-38-34-12-5-3-10-32(34)33-11-4-6-13-35(33)40(38)43-39(36)37/h1-24H. The predicted molar refractivity (Wildman–Crippen MR) is 184 cm³/mol. The highest BCUT2D eigenvalue weighted by atomic mass is 32.1. The van der Waals surface area contributed by atoms with E-state index < -0.39 is 0 Å². The second kappa shape index (κ2) is 9.38. The summed E-state index contributed by atoms with van der Waals surface area (Å²) in [5.74, 6) is -0.244. The van der Waals surface area contributed by atoms with E-state index in [0.29, 0.717) is 0 Å². The number of anilines is 3. The molecule has 0 aliphatic rings. The highest BCUT2D eigenvalue weighted by Gasteiger charge is 2.21. The molecule has 1 aromatic heterocycles. The molecular formula is C40H24FNS. The van der Waals surface area contributed by atoms with Crippen molar-refractivity contribution in [3.8, 4) is 0 Å². The maximum absolute atomic E-state index is 14.2. The van der Waals surface area contributed by atoms with Crippen LogP contribution >= 0.6 is 11.3 Å². The Balaban J connectivity index is 1.36. The Morgan fingerprint density at radius 3 is 1.84 bits per heavy atom. The van der Waals surface area contributed by atoms with E-state index in [1.807, 2.05) is 23.5 Å². The minimum atomic E-state index is -0.244. The van der Waals surface area contributed by atoms with Gasteiger partial charge in [0.05, 0.1) is 10.4 Å². The first-order valence-electron chi connectivity index (χ1n) is 14.5. The molecule has 8 aromatic carbocycles. The second-order valence-corrected chi connectivity index (χ2v) is 12.1. The number of fused-ring (bicyclic) bond motifs is 11. The van der Waals surface area contributed by atoms with Crippen molar-refractivity contribution in [1.29, 1.82) is 0 Å². The molecule has 1 heterocycles. The summed E-state index contributed by atoms with van der Waals surface area (Å²) in [6.07, 6.45) is 0. The number of hydrogen-bond acceptors (Lipinski definition) is 2. The molecule has 0 aliphatic carbocycles. The molecule has 0 saturated heterocycles. The molecule has 0 N–H and O–H groups in total. The summed E-state index contributed by atoms with van der Waals surface area (Å²) in [7, 11) is 0. The van der Waals surface area contributed by atoms with E-state index in [-0.39, 0.29) is 5.82 Å². The van der Waals surface area contributed by atoms with Gasteiger partial charge in [-0.1, -0.05) is 103 Å². The molecule has 43 heavy (non-hydrogen) atoms. The minimum Gasteiger partial charge on any atom is -0.309 e. The predicted octanol–water partition coefficient (Wildman–Crippen LogP) is 12.3. The van der Waals surface area contributed by atoms with Crippen LogP contribution < -0.4 is 4.90 Å². The maximum atomic E-state index is 14.2. The van der Waals surface area contributed by atoms with E-state index in [2.05, 4.69) is 126 Å². The molecule has 0 aliphatic heterocycles. The van der Waals surface area contributed by atoms with Crippen molar-refractivity contribution in [2.75, 3.05) is 4.90 Å². The Labute approximate surface area is 251 Å². The number of nitrogens with zero attached hydrogens (tertiary/aromatic N) is 1. The zero-order valence-corrected chi connectivity index (χ0v) is 23.9. The molecule has 9 rings (SSSR count). The molecule has 0 radical (unpaired) electrons. The number of halogens is 1. The largest absolute Gasteiger partial charge is 0.309 e. The van der Waals surface area contributed by atoms with Crippen LogP contribution in [0.4, 0.5) is 21.5 Å². The van der Waals surface area contributed by atoms with E-state index in [4.69, 9.17) is 0 Å². The van der Waals surface area contributed by atoms with Gasteiger partial charge in [0.15, 0.2) is 0 Å². The number of hydrogen-bond donors (Lipinski definition) is 0. The summed E-state index contributed by atoms with van der Waals surface area (Å²) in [5, 5.41) is 12.5. The van der Waals surface area contributed by atoms with E-state index in [1.165, 1.54) is 63.3 Å². The molecular weight excluding hydrogens is 546 g/mol. The van der Waals surface area contributed by atoms with Gasteiger partial charge < -0.3 is 4.90 Å². The molecule has 202 valence electrons. The third kappa shape index (κ3) is 3.68. The Morgan fingerprint density at radius 1 is 0.419 bits per heavy atom. The lowest BCUT2D eigenvalue weighted by Crippen LogP contribution is -2.10. The monoisotopic (exact) mass is 569 g/mol. The first-order chi connectivity index (χ1) is 21.2. The van der Waals surface area contributed by atoms with Crippen LogP contribution in [-0.4, -0.2) is 0 Å². The molecule has 0 fully saturated rings. The maximum Gasteiger partial charge on any atom is 0.123 e. The van der Waals surface area contributed by atoms with Crippen LogP contribution in [0.3, 0.4) is 0 Å². The Bertz CT molecular complexity index is 2530. The van der Waals surface area contributed by atoms with Crippen molar-refractivity contribution in [3.63, 3.8) is 0 Å². The van der Waals surface area contributed by atoms with Gasteiger partial charge in [-0.2, -0.15) is 0 Å². The topological polar surface area (TPSA) is 3.24 Å². The van der Waals surface area contributed by atoms with Crippen LogP contribution in [0.15, 0.2) is 146 Å². The van der Waals surface area contributed by atoms with Crippen LogP contribution in [0.5, 0.6) is 0 Å². The average Bonchev–Trinajstić information content (AvgIpc) is 3.47. The van der Waals surface area contributed by atoms with Crippen LogP contribution in [-0.2, 0) is 0 Å². The molecule has 0 amide bonds. The summed E-state index contributed by atoms with van der Waals surface area (Å²) < 4.78 is 16.7. The third-order valence-electron chi connectivity index (χ3n) is 8.67. The molecule has 0 spiro atoms. The lowest BCUT2D eigenvalue weighted by molar-refractivity contribution is 0.628. The zero-order valence-electron chi connectivity index (χ0n) is 23.1. The average molecular weight is 570 g/mol. The summed E-state index contributed by atoms with van der Waals surface area (Å²) in [6, 6.07) is 50.4. The smallest absolute Gasteiger partial charge is 0.123 e. The second-order valence-electron chi connectivity index (χ2n) is 11.1. The number of benzene rings is 8. The minimum absolute atomic E-state index is 0.244. The van der Waals surface area contributed by atoms with E-state index in [0.717, 1.165) is 17.1 Å². The van der Waals surface area contributed by atoms with Gasteiger partial charge in [0.1, 0.15) is 5.82 Å². The van der Waals surface area contributed by atoms with Crippen molar-refractivity contribution >= 4 is 91.7 Å². The van der Waals surface area contributed by atoms with Gasteiger partial charge in [0.25, 0.3) is 0 Å². The quantitative estimate of drug-likeness (QED) is 0.191. The molecule has 0 saturated carbocycles. The third-order valence-corrected chi connectivity index (χ3v) is 9.93. The summed E-state index contributed by atoms with van der Waals surface area (Å²) >= 11 is 1.84. The van der Waals surface area contributed by atoms with Gasteiger partial charge in [-0.05, 0) is 80.2 Å². The SMILES string of the molecule is Fc1ccc(N(c2ccc3c(ccc4ccccc43)c2)c2cccc3c2sc2c4ccccc4c4ccccc4c32)cc1. The molecule has 3 heteroatoms. The highest BCUT2D eigenvalue weighted by molar-refractivity contribution is 7.27. The lowest BCUT2D eigenvalue weighted by Gasteiger charge is -2.26. The fourth-order valence-corrected chi connectivity index (χ4v) is 8.10. The fourth-order valence-electron chi connectivity index (χ4n) is 6.75. The Hall–Kier alpha value is -5.25. The van der Waals surface area contributed by atoms with E-state index in [9.17, 15) is 4.39 Å². The van der Waals surface area contributed by atoms with Gasteiger partial charge in [0.2, 0.25) is 0 Å². The van der Waals surface area contributed by atoms with Gasteiger partial charge in [0, 0.05) is 32.2 Å². The summed E-state index contributed by atoms with van der Waals surface area (Å²) in [6.45, 7) is 0. The Kier molecular flexibility index (Phi) is 5.32. The summed E-state index contributed by atoms with van der Waals surface area (Å²) in [5.41, 5.74) is 3.04. The first kappa shape index (κ1) is 24.4. The van der Waals surface area contributed by atoms with E-state index >= 15 is 0 Å². The molecule has 9 aromatic rings. The molecule has 0 atom stereocenters. The van der Waals surface area contributed by atoms with Gasteiger partial charge in [-0.15, -0.1) is 11.3 Å². The van der Waals surface area contributed by atoms with Crippen LogP contribution in [0.25, 0.3) is 63.3 Å². The number of thiophene rings is 1. The van der Waals surface area contributed by atoms with Gasteiger partial charge in [-0.3, -0.25) is 0 Å². The van der Waals surface area contributed by atoms with Gasteiger partial charge in [-0.25, -0.2) is 4.39 Å².